The first-order valence-corrected chi connectivity index (χ1v) is 6.56. The Labute approximate surface area is 108 Å². The molecule has 0 aliphatic carbocycles. The first-order valence-electron chi connectivity index (χ1n) is 5.08. The first kappa shape index (κ1) is 13.0. The molecule has 0 unspecified atom stereocenters. The van der Waals surface area contributed by atoms with E-state index in [1.54, 1.807) is 12.1 Å². The number of aromatic nitrogens is 4. The monoisotopic (exact) mass is 282 g/mol. The molecule has 0 atom stereocenters. The third-order valence-electron chi connectivity index (χ3n) is 2.24. The van der Waals surface area contributed by atoms with Gasteiger partial charge >= 0.3 is 6.03 Å². The lowest BCUT2D eigenvalue weighted by Crippen LogP contribution is -2.25. The minimum Gasteiger partial charge on any atom is -0.350 e. The Balaban J connectivity index is 2.34. The van der Waals surface area contributed by atoms with Crippen LogP contribution in [0.5, 0.6) is 0 Å². The van der Waals surface area contributed by atoms with Gasteiger partial charge in [0.15, 0.2) is 0 Å². The summed E-state index contributed by atoms with van der Waals surface area (Å²) < 4.78 is 26.7. The number of tetrazole rings is 1. The summed E-state index contributed by atoms with van der Waals surface area (Å²) in [5, 5.41) is 9.81. The molecule has 10 heteroatoms. The van der Waals surface area contributed by atoms with Crippen molar-refractivity contribution in [2.75, 3.05) is 4.72 Å². The van der Waals surface area contributed by atoms with Crippen molar-refractivity contribution in [3.8, 4) is 0 Å². The maximum absolute atomic E-state index is 12.0. The van der Waals surface area contributed by atoms with Crippen LogP contribution in [-0.2, 0) is 10.0 Å². The van der Waals surface area contributed by atoms with Crippen LogP contribution in [-0.4, -0.2) is 34.7 Å². The molecule has 0 spiro atoms. The van der Waals surface area contributed by atoms with Crippen LogP contribution in [0.25, 0.3) is 0 Å². The molecule has 100 valence electrons. The van der Waals surface area contributed by atoms with Crippen LogP contribution in [0.3, 0.4) is 0 Å². The maximum Gasteiger partial charge on any atom is 0.344 e. The second-order valence-electron chi connectivity index (χ2n) is 3.67. The van der Waals surface area contributed by atoms with Crippen LogP contribution in [0.1, 0.15) is 5.56 Å². The SMILES string of the molecule is Cc1ccc(S(=O)(=O)Nc2nnnn2C(N)=O)cc1. The summed E-state index contributed by atoms with van der Waals surface area (Å²) in [4.78, 5) is 11.0. The van der Waals surface area contributed by atoms with Gasteiger partial charge in [-0.15, -0.1) is 4.68 Å². The number of rotatable bonds is 3. The van der Waals surface area contributed by atoms with E-state index in [0.717, 1.165) is 5.56 Å². The number of nitrogens with zero attached hydrogens (tertiary/aromatic N) is 4. The van der Waals surface area contributed by atoms with Crippen molar-refractivity contribution in [2.45, 2.75) is 11.8 Å². The second-order valence-corrected chi connectivity index (χ2v) is 5.35. The summed E-state index contributed by atoms with van der Waals surface area (Å²) in [5.74, 6) is -0.368. The molecule has 0 fully saturated rings. The minimum absolute atomic E-state index is 0.0251. The third-order valence-corrected chi connectivity index (χ3v) is 3.58. The average Bonchev–Trinajstić information content (AvgIpc) is 2.77. The topological polar surface area (TPSA) is 133 Å². The Morgan fingerprint density at radius 1 is 1.32 bits per heavy atom. The smallest absolute Gasteiger partial charge is 0.344 e. The van der Waals surface area contributed by atoms with E-state index in [0.29, 0.717) is 4.68 Å². The van der Waals surface area contributed by atoms with E-state index >= 15 is 0 Å². The Morgan fingerprint density at radius 2 is 1.95 bits per heavy atom. The predicted molar refractivity (Wildman–Crippen MR) is 64.8 cm³/mol. The van der Waals surface area contributed by atoms with Crippen molar-refractivity contribution in [1.29, 1.82) is 0 Å². The molecule has 1 aromatic carbocycles. The largest absolute Gasteiger partial charge is 0.350 e. The summed E-state index contributed by atoms with van der Waals surface area (Å²) in [6, 6.07) is 5.15. The standard InChI is InChI=1S/C9H10N6O3S/c1-6-2-4-7(5-3-6)19(17,18)12-9-11-13-14-15(9)8(10)16/h2-5H,1H3,(H2,10,16)(H,11,12,14). The van der Waals surface area contributed by atoms with Crippen molar-refractivity contribution >= 4 is 22.0 Å². The molecule has 0 aliphatic heterocycles. The summed E-state index contributed by atoms with van der Waals surface area (Å²) in [6.45, 7) is 1.83. The molecule has 3 N–H and O–H groups in total. The fourth-order valence-electron chi connectivity index (χ4n) is 1.30. The molecular weight excluding hydrogens is 272 g/mol. The zero-order valence-electron chi connectivity index (χ0n) is 9.81. The number of anilines is 1. The van der Waals surface area contributed by atoms with Gasteiger partial charge in [-0.25, -0.2) is 17.9 Å². The third kappa shape index (κ3) is 2.68. The molecule has 19 heavy (non-hydrogen) atoms. The van der Waals surface area contributed by atoms with Crippen LogP contribution in [0.2, 0.25) is 0 Å². The van der Waals surface area contributed by atoms with Crippen LogP contribution >= 0.6 is 0 Å². The zero-order valence-corrected chi connectivity index (χ0v) is 10.6. The normalized spacial score (nSPS) is 11.2. The van der Waals surface area contributed by atoms with E-state index in [4.69, 9.17) is 5.73 Å². The van der Waals surface area contributed by atoms with Gasteiger partial charge in [0.1, 0.15) is 0 Å². The molecule has 0 aliphatic rings. The van der Waals surface area contributed by atoms with Gasteiger partial charge in [0, 0.05) is 0 Å². The van der Waals surface area contributed by atoms with Crippen molar-refractivity contribution < 1.29 is 13.2 Å². The second kappa shape index (κ2) is 4.65. The predicted octanol–water partition coefficient (Wildman–Crippen LogP) is -0.291. The fourth-order valence-corrected chi connectivity index (χ4v) is 2.28. The van der Waals surface area contributed by atoms with Crippen molar-refractivity contribution in [3.63, 3.8) is 0 Å². The Morgan fingerprint density at radius 3 is 2.53 bits per heavy atom. The summed E-state index contributed by atoms with van der Waals surface area (Å²) in [7, 11) is -3.88. The number of benzene rings is 1. The highest BCUT2D eigenvalue weighted by atomic mass is 32.2. The summed E-state index contributed by atoms with van der Waals surface area (Å²) >= 11 is 0. The number of nitrogens with two attached hydrogens (primary N) is 1. The van der Waals surface area contributed by atoms with Gasteiger partial charge in [0.25, 0.3) is 16.0 Å². The van der Waals surface area contributed by atoms with Gasteiger partial charge in [-0.05, 0) is 29.5 Å². The van der Waals surface area contributed by atoms with Gasteiger partial charge in [-0.2, -0.15) is 0 Å². The molecule has 0 bridgehead atoms. The van der Waals surface area contributed by atoms with Gasteiger partial charge in [-0.1, -0.05) is 22.8 Å². The van der Waals surface area contributed by atoms with Crippen molar-refractivity contribution in [2.24, 2.45) is 5.73 Å². The maximum atomic E-state index is 12.0. The lowest BCUT2D eigenvalue weighted by atomic mass is 10.2. The lowest BCUT2D eigenvalue weighted by Gasteiger charge is -2.06. The number of amides is 1. The lowest BCUT2D eigenvalue weighted by molar-refractivity contribution is 0.247. The van der Waals surface area contributed by atoms with Crippen molar-refractivity contribution in [1.82, 2.24) is 20.2 Å². The minimum atomic E-state index is -3.88. The number of hydrogen-bond donors (Lipinski definition) is 2. The summed E-state index contributed by atoms with van der Waals surface area (Å²) in [6.07, 6.45) is 0. The number of sulfonamides is 1. The van der Waals surface area contributed by atoms with E-state index in [-0.39, 0.29) is 10.8 Å². The van der Waals surface area contributed by atoms with Crippen LogP contribution in [0.15, 0.2) is 29.2 Å². The number of carbonyl (C=O) groups excluding carboxylic acids is 1. The Kier molecular flexibility index (Phi) is 3.17. The van der Waals surface area contributed by atoms with E-state index < -0.39 is 16.1 Å². The Bertz CT molecular complexity index is 706. The number of primary amides is 1. The highest BCUT2D eigenvalue weighted by molar-refractivity contribution is 7.92. The van der Waals surface area contributed by atoms with Gasteiger partial charge in [-0.3, -0.25) is 0 Å². The van der Waals surface area contributed by atoms with Gasteiger partial charge in [0.05, 0.1) is 4.90 Å². The number of aryl methyl sites for hydroxylation is 1. The molecule has 2 rings (SSSR count). The fraction of sp³-hybridized carbons (Fsp3) is 0.111. The zero-order chi connectivity index (χ0) is 14.0. The van der Waals surface area contributed by atoms with E-state index in [1.165, 1.54) is 12.1 Å². The molecule has 0 saturated carbocycles. The average molecular weight is 282 g/mol. The van der Waals surface area contributed by atoms with Gasteiger partial charge in [0.2, 0.25) is 0 Å². The van der Waals surface area contributed by atoms with E-state index in [2.05, 4.69) is 20.2 Å². The van der Waals surface area contributed by atoms with E-state index in [9.17, 15) is 13.2 Å². The molecular formula is C9H10N6O3S. The molecule has 9 nitrogen and oxygen atoms in total. The van der Waals surface area contributed by atoms with Crippen LogP contribution in [0.4, 0.5) is 10.7 Å². The van der Waals surface area contributed by atoms with Crippen LogP contribution in [0, 0.1) is 6.92 Å². The highest BCUT2D eigenvalue weighted by Crippen LogP contribution is 2.13. The molecule has 1 aromatic heterocycles. The number of nitrogens with one attached hydrogen (secondary N) is 1. The summed E-state index contributed by atoms with van der Waals surface area (Å²) in [5.41, 5.74) is 5.90. The van der Waals surface area contributed by atoms with Crippen molar-refractivity contribution in [3.05, 3.63) is 29.8 Å². The number of carbonyl (C=O) groups is 1. The molecule has 1 heterocycles. The van der Waals surface area contributed by atoms with Crippen LogP contribution < -0.4 is 10.5 Å². The molecule has 2 aromatic rings. The molecule has 1 amide bonds. The number of hydrogen-bond acceptors (Lipinski definition) is 6. The van der Waals surface area contributed by atoms with E-state index in [1.807, 2.05) is 6.92 Å². The Hall–Kier alpha value is -2.49. The molecule has 0 saturated heterocycles. The highest BCUT2D eigenvalue weighted by Gasteiger charge is 2.19. The van der Waals surface area contributed by atoms with Gasteiger partial charge < -0.3 is 5.73 Å². The quantitative estimate of drug-likeness (QED) is 0.743. The molecule has 0 radical (unpaired) electrons. The first-order chi connectivity index (χ1) is 8.90.